The summed E-state index contributed by atoms with van der Waals surface area (Å²) in [5, 5.41) is 18.2. The SMILES string of the molecule is CCCCCCCCCCCCCCC(=O)OCC(COP(=O)(O)OCC(O)CO)OC(=O)CCCCCCCCCCCCCC. The van der Waals surface area contributed by atoms with Crippen LogP contribution in [0.15, 0.2) is 0 Å². The van der Waals surface area contributed by atoms with Crippen molar-refractivity contribution in [3.8, 4) is 0 Å². The molecule has 47 heavy (non-hydrogen) atoms. The Morgan fingerprint density at radius 3 is 1.32 bits per heavy atom. The minimum Gasteiger partial charge on any atom is -0.462 e. The summed E-state index contributed by atoms with van der Waals surface area (Å²) in [6.45, 7) is 2.37. The van der Waals surface area contributed by atoms with Gasteiger partial charge in [-0.2, -0.15) is 0 Å². The van der Waals surface area contributed by atoms with Gasteiger partial charge in [0.1, 0.15) is 12.7 Å². The maximum Gasteiger partial charge on any atom is 0.472 e. The van der Waals surface area contributed by atoms with Crippen LogP contribution >= 0.6 is 7.82 Å². The first-order valence-corrected chi connectivity index (χ1v) is 20.5. The molecule has 3 unspecified atom stereocenters. The maximum absolute atomic E-state index is 12.5. The molecule has 280 valence electrons. The van der Waals surface area contributed by atoms with Crippen molar-refractivity contribution in [1.82, 2.24) is 0 Å². The summed E-state index contributed by atoms with van der Waals surface area (Å²) in [5.74, 6) is -0.916. The molecule has 0 amide bonds. The molecule has 0 spiro atoms. The van der Waals surface area contributed by atoms with E-state index < -0.39 is 51.8 Å². The Balaban J connectivity index is 4.35. The van der Waals surface area contributed by atoms with Crippen LogP contribution in [0, 0.1) is 0 Å². The summed E-state index contributed by atoms with van der Waals surface area (Å²) in [4.78, 5) is 34.7. The number of aliphatic hydroxyl groups excluding tert-OH is 2. The van der Waals surface area contributed by atoms with Gasteiger partial charge >= 0.3 is 19.8 Å². The van der Waals surface area contributed by atoms with E-state index in [0.29, 0.717) is 12.8 Å². The van der Waals surface area contributed by atoms with Crippen LogP contribution in [-0.4, -0.2) is 65.7 Å². The molecule has 0 bridgehead atoms. The second-order valence-corrected chi connectivity index (χ2v) is 14.4. The lowest BCUT2D eigenvalue weighted by molar-refractivity contribution is -0.161. The van der Waals surface area contributed by atoms with Crippen LogP contribution in [0.4, 0.5) is 0 Å². The Morgan fingerprint density at radius 2 is 0.915 bits per heavy atom. The van der Waals surface area contributed by atoms with Crippen LogP contribution in [0.3, 0.4) is 0 Å². The molecule has 3 atom stereocenters. The number of phosphoric acid groups is 1. The zero-order valence-corrected chi connectivity index (χ0v) is 30.9. The van der Waals surface area contributed by atoms with E-state index in [0.717, 1.165) is 38.5 Å². The first-order chi connectivity index (χ1) is 22.7. The van der Waals surface area contributed by atoms with Crippen LogP contribution < -0.4 is 0 Å². The molecule has 11 heteroatoms. The molecule has 3 N–H and O–H groups in total. The monoisotopic (exact) mass is 694 g/mol. The standard InChI is InChI=1S/C36H71O10P/c1-3-5-7-9-11-13-15-17-19-21-23-25-27-35(39)43-31-34(32-45-47(41,42)44-30-33(38)29-37)46-36(40)28-26-24-22-20-18-16-14-12-10-8-6-4-2/h33-34,37-38H,3-32H2,1-2H3,(H,41,42). The predicted octanol–water partition coefficient (Wildman–Crippen LogP) is 9.11. The minimum atomic E-state index is -4.60. The summed E-state index contributed by atoms with van der Waals surface area (Å²) in [5.41, 5.74) is 0. The summed E-state index contributed by atoms with van der Waals surface area (Å²) >= 11 is 0. The summed E-state index contributed by atoms with van der Waals surface area (Å²) in [6, 6.07) is 0. The lowest BCUT2D eigenvalue weighted by atomic mass is 10.0. The number of hydrogen-bond acceptors (Lipinski definition) is 9. The Labute approximate surface area is 286 Å². The van der Waals surface area contributed by atoms with Gasteiger partial charge in [0, 0.05) is 12.8 Å². The highest BCUT2D eigenvalue weighted by molar-refractivity contribution is 7.47. The van der Waals surface area contributed by atoms with Gasteiger partial charge in [-0.15, -0.1) is 0 Å². The van der Waals surface area contributed by atoms with Crippen molar-refractivity contribution < 1.29 is 47.8 Å². The number of hydrogen-bond donors (Lipinski definition) is 3. The quantitative estimate of drug-likeness (QED) is 0.0329. The highest BCUT2D eigenvalue weighted by Crippen LogP contribution is 2.43. The largest absolute Gasteiger partial charge is 0.472 e. The van der Waals surface area contributed by atoms with E-state index in [-0.39, 0.29) is 19.4 Å². The number of ether oxygens (including phenoxy) is 2. The number of esters is 2. The fraction of sp³-hybridized carbons (Fsp3) is 0.944. The van der Waals surface area contributed by atoms with Gasteiger partial charge in [0.05, 0.1) is 19.8 Å². The normalized spacial score (nSPS) is 14.1. The van der Waals surface area contributed by atoms with Gasteiger partial charge in [0.15, 0.2) is 6.10 Å². The predicted molar refractivity (Wildman–Crippen MR) is 187 cm³/mol. The summed E-state index contributed by atoms with van der Waals surface area (Å²) in [7, 11) is -4.60. The molecule has 0 heterocycles. The third-order valence-corrected chi connectivity index (χ3v) is 9.21. The molecule has 0 radical (unpaired) electrons. The van der Waals surface area contributed by atoms with E-state index in [1.54, 1.807) is 0 Å². The van der Waals surface area contributed by atoms with E-state index >= 15 is 0 Å². The fourth-order valence-electron chi connectivity index (χ4n) is 5.29. The van der Waals surface area contributed by atoms with Gasteiger partial charge in [-0.1, -0.05) is 155 Å². The van der Waals surface area contributed by atoms with Crippen molar-refractivity contribution in [2.75, 3.05) is 26.4 Å². The minimum absolute atomic E-state index is 0.191. The summed E-state index contributed by atoms with van der Waals surface area (Å²) < 4.78 is 32.5. The Morgan fingerprint density at radius 1 is 0.553 bits per heavy atom. The van der Waals surface area contributed by atoms with Crippen molar-refractivity contribution in [3.05, 3.63) is 0 Å². The van der Waals surface area contributed by atoms with Crippen LogP contribution in [0.1, 0.15) is 181 Å². The van der Waals surface area contributed by atoms with Gasteiger partial charge in [0.2, 0.25) is 0 Å². The fourth-order valence-corrected chi connectivity index (χ4v) is 6.08. The number of phosphoric ester groups is 1. The second kappa shape index (κ2) is 33.5. The zero-order valence-electron chi connectivity index (χ0n) is 30.0. The average molecular weight is 695 g/mol. The number of aliphatic hydroxyl groups is 2. The van der Waals surface area contributed by atoms with E-state index in [9.17, 15) is 24.2 Å². The van der Waals surface area contributed by atoms with E-state index in [2.05, 4.69) is 18.4 Å². The lowest BCUT2D eigenvalue weighted by Gasteiger charge is -2.20. The molecular weight excluding hydrogens is 623 g/mol. The van der Waals surface area contributed by atoms with Crippen LogP contribution in [0.25, 0.3) is 0 Å². The van der Waals surface area contributed by atoms with Gasteiger partial charge < -0.3 is 24.6 Å². The van der Waals surface area contributed by atoms with Gasteiger partial charge in [-0.05, 0) is 12.8 Å². The van der Waals surface area contributed by atoms with Crippen molar-refractivity contribution in [2.24, 2.45) is 0 Å². The van der Waals surface area contributed by atoms with Crippen LogP contribution in [0.5, 0.6) is 0 Å². The molecule has 0 aliphatic heterocycles. The molecule has 0 rings (SSSR count). The lowest BCUT2D eigenvalue weighted by Crippen LogP contribution is -2.29. The van der Waals surface area contributed by atoms with Gasteiger partial charge in [0.25, 0.3) is 0 Å². The van der Waals surface area contributed by atoms with Crippen molar-refractivity contribution in [2.45, 2.75) is 193 Å². The molecular formula is C36H71O10P. The second-order valence-electron chi connectivity index (χ2n) is 13.0. The molecule has 0 saturated carbocycles. The molecule has 10 nitrogen and oxygen atoms in total. The van der Waals surface area contributed by atoms with Crippen molar-refractivity contribution >= 4 is 19.8 Å². The first kappa shape index (κ1) is 46.0. The highest BCUT2D eigenvalue weighted by Gasteiger charge is 2.27. The van der Waals surface area contributed by atoms with Crippen molar-refractivity contribution in [1.29, 1.82) is 0 Å². The van der Waals surface area contributed by atoms with Crippen LogP contribution in [0.2, 0.25) is 0 Å². The number of rotatable bonds is 36. The summed E-state index contributed by atoms with van der Waals surface area (Å²) in [6.07, 6.45) is 26.4. The van der Waals surface area contributed by atoms with Crippen LogP contribution in [-0.2, 0) is 32.7 Å². The Bertz CT molecular complexity index is 766. The van der Waals surface area contributed by atoms with Crippen molar-refractivity contribution in [3.63, 3.8) is 0 Å². The van der Waals surface area contributed by atoms with Gasteiger partial charge in [-0.3, -0.25) is 18.6 Å². The smallest absolute Gasteiger partial charge is 0.462 e. The molecule has 0 aliphatic carbocycles. The highest BCUT2D eigenvalue weighted by atomic mass is 31.2. The molecule has 0 aromatic rings. The Kier molecular flexibility index (Phi) is 32.7. The third kappa shape index (κ3) is 33.3. The van der Waals surface area contributed by atoms with E-state index in [1.807, 2.05) is 0 Å². The third-order valence-electron chi connectivity index (χ3n) is 8.26. The number of carbonyl (C=O) groups is 2. The number of unbranched alkanes of at least 4 members (excludes halogenated alkanes) is 22. The van der Waals surface area contributed by atoms with E-state index in [4.69, 9.17) is 19.1 Å². The first-order valence-electron chi connectivity index (χ1n) is 19.0. The van der Waals surface area contributed by atoms with E-state index in [1.165, 1.54) is 103 Å². The molecule has 0 aromatic carbocycles. The Hall–Kier alpha value is -1.03. The number of carbonyl (C=O) groups excluding carboxylic acids is 2. The zero-order chi connectivity index (χ0) is 34.9. The van der Waals surface area contributed by atoms with Gasteiger partial charge in [-0.25, -0.2) is 4.57 Å². The average Bonchev–Trinajstić information content (AvgIpc) is 3.05. The molecule has 0 fully saturated rings. The molecule has 0 saturated heterocycles. The molecule has 0 aromatic heterocycles. The molecule has 0 aliphatic rings. The maximum atomic E-state index is 12.5. The topological polar surface area (TPSA) is 149 Å².